The van der Waals surface area contributed by atoms with Crippen LogP contribution in [0.1, 0.15) is 44.9 Å². The molecule has 27 heavy (non-hydrogen) atoms. The van der Waals surface area contributed by atoms with Gasteiger partial charge in [0.15, 0.2) is 0 Å². The van der Waals surface area contributed by atoms with Crippen LogP contribution in [-0.2, 0) is 10.2 Å². The molecule has 5 nitrogen and oxygen atoms in total. The van der Waals surface area contributed by atoms with Crippen molar-refractivity contribution in [3.05, 3.63) is 77.0 Å². The van der Waals surface area contributed by atoms with Gasteiger partial charge in [0.05, 0.1) is 11.6 Å². The van der Waals surface area contributed by atoms with Crippen molar-refractivity contribution in [2.45, 2.75) is 39.2 Å². The van der Waals surface area contributed by atoms with Gasteiger partial charge in [0.1, 0.15) is 0 Å². The number of hydrogen-bond donors (Lipinski definition) is 3. The number of allylic oxidation sites excluding steroid dienone is 1. The minimum absolute atomic E-state index is 0.0369. The van der Waals surface area contributed by atoms with Crippen LogP contribution in [-0.4, -0.2) is 11.9 Å². The van der Waals surface area contributed by atoms with Gasteiger partial charge in [-0.3, -0.25) is 4.79 Å². The minimum Gasteiger partial charge on any atom is -0.327 e. The van der Waals surface area contributed by atoms with Crippen molar-refractivity contribution in [3.8, 4) is 0 Å². The Labute approximate surface area is 159 Å². The normalized spacial score (nSPS) is 17.2. The maximum Gasteiger partial charge on any atom is 0.319 e. The predicted octanol–water partition coefficient (Wildman–Crippen LogP) is 4.25. The van der Waals surface area contributed by atoms with Crippen LogP contribution < -0.4 is 16.0 Å². The lowest BCUT2D eigenvalue weighted by atomic mass is 9.85. The number of rotatable bonds is 3. The number of para-hydroxylation sites is 1. The van der Waals surface area contributed by atoms with Crippen LogP contribution >= 0.6 is 0 Å². The van der Waals surface area contributed by atoms with Gasteiger partial charge in [-0.1, -0.05) is 63.2 Å². The van der Waals surface area contributed by atoms with E-state index in [0.717, 1.165) is 5.56 Å². The zero-order valence-corrected chi connectivity index (χ0v) is 16.1. The Morgan fingerprint density at radius 3 is 2.22 bits per heavy atom. The molecule has 2 aromatic carbocycles. The van der Waals surface area contributed by atoms with Crippen molar-refractivity contribution in [2.75, 3.05) is 5.32 Å². The lowest BCUT2D eigenvalue weighted by Crippen LogP contribution is -2.46. The van der Waals surface area contributed by atoms with Gasteiger partial charge in [-0.2, -0.15) is 0 Å². The number of carbonyl (C=O) groups is 2. The molecule has 5 heteroatoms. The highest BCUT2D eigenvalue weighted by Gasteiger charge is 2.31. The molecule has 3 amide bonds. The van der Waals surface area contributed by atoms with Crippen molar-refractivity contribution in [1.82, 2.24) is 10.6 Å². The molecule has 0 saturated heterocycles. The standard InChI is InChI=1S/C22H25N3O2/c1-14-18(20(26)24-17-8-6-5-7-9-17)19(25-21(27)23-14)15-10-12-16(13-11-15)22(2,3)4/h5-13,19H,1-4H3,(H,24,26)(H2,23,25,27)/t19-/m1/s1. The summed E-state index contributed by atoms with van der Waals surface area (Å²) in [6, 6.07) is 16.5. The van der Waals surface area contributed by atoms with E-state index in [0.29, 0.717) is 17.0 Å². The van der Waals surface area contributed by atoms with E-state index in [4.69, 9.17) is 0 Å². The van der Waals surface area contributed by atoms with Crippen molar-refractivity contribution >= 4 is 17.6 Å². The summed E-state index contributed by atoms with van der Waals surface area (Å²) in [6.07, 6.45) is 0. The molecule has 0 saturated carbocycles. The average Bonchev–Trinajstić information content (AvgIpc) is 2.61. The zero-order chi connectivity index (χ0) is 19.6. The third kappa shape index (κ3) is 4.19. The molecular weight excluding hydrogens is 338 g/mol. The van der Waals surface area contributed by atoms with Gasteiger partial charge in [0, 0.05) is 11.4 Å². The van der Waals surface area contributed by atoms with Crippen LogP contribution in [0.15, 0.2) is 65.9 Å². The molecule has 0 aliphatic carbocycles. The maximum atomic E-state index is 12.9. The number of hydrogen-bond acceptors (Lipinski definition) is 2. The summed E-state index contributed by atoms with van der Waals surface area (Å²) in [5, 5.41) is 8.47. The highest BCUT2D eigenvalue weighted by Crippen LogP contribution is 2.30. The SMILES string of the molecule is CC1=C(C(=O)Nc2ccccc2)[C@@H](c2ccc(C(C)(C)C)cc2)NC(=O)N1. The molecule has 1 aliphatic heterocycles. The number of carbonyl (C=O) groups excluding carboxylic acids is 2. The van der Waals surface area contributed by atoms with E-state index in [9.17, 15) is 9.59 Å². The molecule has 0 aromatic heterocycles. The van der Waals surface area contributed by atoms with E-state index in [2.05, 4.69) is 36.7 Å². The van der Waals surface area contributed by atoms with E-state index in [1.807, 2.05) is 54.6 Å². The smallest absolute Gasteiger partial charge is 0.319 e. The van der Waals surface area contributed by atoms with Gasteiger partial charge in [0.25, 0.3) is 5.91 Å². The second-order valence-corrected chi connectivity index (χ2v) is 7.76. The molecule has 140 valence electrons. The summed E-state index contributed by atoms with van der Waals surface area (Å²) >= 11 is 0. The first-order valence-electron chi connectivity index (χ1n) is 9.01. The van der Waals surface area contributed by atoms with Crippen LogP contribution in [0.4, 0.5) is 10.5 Å². The molecule has 0 radical (unpaired) electrons. The molecule has 3 rings (SSSR count). The van der Waals surface area contributed by atoms with Crippen LogP contribution in [0.25, 0.3) is 0 Å². The molecule has 2 aromatic rings. The molecule has 1 aliphatic rings. The number of benzene rings is 2. The Bertz CT molecular complexity index is 878. The highest BCUT2D eigenvalue weighted by molar-refractivity contribution is 6.06. The summed E-state index contributed by atoms with van der Waals surface area (Å²) in [6.45, 7) is 8.19. The van der Waals surface area contributed by atoms with E-state index < -0.39 is 6.04 Å². The Hall–Kier alpha value is -3.08. The van der Waals surface area contributed by atoms with Crippen molar-refractivity contribution in [2.24, 2.45) is 0 Å². The van der Waals surface area contributed by atoms with Gasteiger partial charge >= 0.3 is 6.03 Å². The first-order valence-corrected chi connectivity index (χ1v) is 9.01. The monoisotopic (exact) mass is 363 g/mol. The number of anilines is 1. The largest absolute Gasteiger partial charge is 0.327 e. The fourth-order valence-corrected chi connectivity index (χ4v) is 3.14. The highest BCUT2D eigenvalue weighted by atomic mass is 16.2. The fraction of sp³-hybridized carbons (Fsp3) is 0.273. The lowest BCUT2D eigenvalue weighted by Gasteiger charge is -2.29. The number of nitrogens with one attached hydrogen (secondary N) is 3. The summed E-state index contributed by atoms with van der Waals surface area (Å²) in [5.41, 5.74) is 3.87. The third-order valence-corrected chi connectivity index (χ3v) is 4.66. The van der Waals surface area contributed by atoms with Gasteiger partial charge in [-0.15, -0.1) is 0 Å². The first-order chi connectivity index (χ1) is 12.8. The quantitative estimate of drug-likeness (QED) is 0.763. The second-order valence-electron chi connectivity index (χ2n) is 7.76. The average molecular weight is 363 g/mol. The number of amides is 3. The van der Waals surface area contributed by atoms with Crippen molar-refractivity contribution in [1.29, 1.82) is 0 Å². The molecule has 0 unspecified atom stereocenters. The molecular formula is C22H25N3O2. The maximum absolute atomic E-state index is 12.9. The topological polar surface area (TPSA) is 70.2 Å². The van der Waals surface area contributed by atoms with Gasteiger partial charge in [0.2, 0.25) is 0 Å². The summed E-state index contributed by atoms with van der Waals surface area (Å²) in [4.78, 5) is 25.0. The van der Waals surface area contributed by atoms with Crippen LogP contribution in [0.5, 0.6) is 0 Å². The Balaban J connectivity index is 1.93. The molecule has 3 N–H and O–H groups in total. The molecule has 1 heterocycles. The van der Waals surface area contributed by atoms with E-state index in [1.165, 1.54) is 5.56 Å². The summed E-state index contributed by atoms with van der Waals surface area (Å²) < 4.78 is 0. The first kappa shape index (κ1) is 18.7. The summed E-state index contributed by atoms with van der Waals surface area (Å²) in [7, 11) is 0. The van der Waals surface area contributed by atoms with E-state index in [-0.39, 0.29) is 17.4 Å². The van der Waals surface area contributed by atoms with Gasteiger partial charge in [-0.25, -0.2) is 4.79 Å². The zero-order valence-electron chi connectivity index (χ0n) is 16.1. The Morgan fingerprint density at radius 2 is 1.63 bits per heavy atom. The van der Waals surface area contributed by atoms with Crippen molar-refractivity contribution in [3.63, 3.8) is 0 Å². The molecule has 0 fully saturated rings. The van der Waals surface area contributed by atoms with Gasteiger partial charge in [-0.05, 0) is 35.6 Å². The van der Waals surface area contributed by atoms with Crippen LogP contribution in [0.2, 0.25) is 0 Å². The molecule has 1 atom stereocenters. The number of urea groups is 1. The third-order valence-electron chi connectivity index (χ3n) is 4.66. The Kier molecular flexibility index (Phi) is 5.04. The Morgan fingerprint density at radius 1 is 1.00 bits per heavy atom. The van der Waals surface area contributed by atoms with E-state index in [1.54, 1.807) is 6.92 Å². The predicted molar refractivity (Wildman–Crippen MR) is 107 cm³/mol. The van der Waals surface area contributed by atoms with Crippen LogP contribution in [0, 0.1) is 0 Å². The summed E-state index contributed by atoms with van der Waals surface area (Å²) in [5.74, 6) is -0.240. The molecule has 0 bridgehead atoms. The minimum atomic E-state index is -0.503. The van der Waals surface area contributed by atoms with Gasteiger partial charge < -0.3 is 16.0 Å². The van der Waals surface area contributed by atoms with Crippen molar-refractivity contribution < 1.29 is 9.59 Å². The lowest BCUT2D eigenvalue weighted by molar-refractivity contribution is -0.113. The molecule has 0 spiro atoms. The second kappa shape index (κ2) is 7.27. The van der Waals surface area contributed by atoms with Crippen LogP contribution in [0.3, 0.4) is 0 Å². The van der Waals surface area contributed by atoms with E-state index >= 15 is 0 Å². The fourth-order valence-electron chi connectivity index (χ4n) is 3.14.